The van der Waals surface area contributed by atoms with Crippen LogP contribution in [-0.2, 0) is 9.59 Å². The number of rotatable bonds is 10. The first-order valence-corrected chi connectivity index (χ1v) is 11.3. The summed E-state index contributed by atoms with van der Waals surface area (Å²) in [4.78, 5) is 43.0. The van der Waals surface area contributed by atoms with E-state index < -0.39 is 29.4 Å². The fourth-order valence-corrected chi connectivity index (χ4v) is 4.53. The Balaban J connectivity index is 2.12. The smallest absolute Gasteiger partial charge is 0.291 e. The second-order valence-corrected chi connectivity index (χ2v) is 8.72. The number of nitrogens with zero attached hydrogens (tertiary/aromatic N) is 1. The average molecular weight is 470 g/mol. The third-order valence-electron chi connectivity index (χ3n) is 6.21. The molecule has 0 radical (unpaired) electrons. The molecule has 2 unspecified atom stereocenters. The van der Waals surface area contributed by atoms with E-state index in [-0.39, 0.29) is 0 Å². The van der Waals surface area contributed by atoms with E-state index in [2.05, 4.69) is 0 Å². The van der Waals surface area contributed by atoms with Crippen LogP contribution >= 0.6 is 0 Å². The van der Waals surface area contributed by atoms with Crippen molar-refractivity contribution < 1.29 is 33.5 Å². The van der Waals surface area contributed by atoms with Gasteiger partial charge in [-0.1, -0.05) is 12.1 Å². The Hall–Kier alpha value is -3.39. The monoisotopic (exact) mass is 469 g/mol. The van der Waals surface area contributed by atoms with E-state index >= 15 is 0 Å². The molecule has 2 aromatic carbocycles. The molecule has 1 aliphatic rings. The van der Waals surface area contributed by atoms with Crippen LogP contribution in [-0.4, -0.2) is 70.9 Å². The molecule has 34 heavy (non-hydrogen) atoms. The number of hydrogen-bond donors (Lipinski definition) is 1. The first-order chi connectivity index (χ1) is 16.2. The predicted molar refractivity (Wildman–Crippen MR) is 127 cm³/mol. The van der Waals surface area contributed by atoms with E-state index in [0.717, 1.165) is 6.54 Å². The third-order valence-corrected chi connectivity index (χ3v) is 6.21. The highest BCUT2D eigenvalue weighted by Crippen LogP contribution is 2.45. The van der Waals surface area contributed by atoms with E-state index in [0.29, 0.717) is 46.9 Å². The molecule has 0 aromatic heterocycles. The maximum absolute atomic E-state index is 13.8. The van der Waals surface area contributed by atoms with Crippen molar-refractivity contribution in [3.8, 4) is 17.2 Å². The van der Waals surface area contributed by atoms with Gasteiger partial charge in [-0.25, -0.2) is 0 Å². The minimum atomic E-state index is -1.19. The molecule has 0 spiro atoms. The number of nitrogens with one attached hydrogen (secondary N) is 1. The number of benzene rings is 2. The highest BCUT2D eigenvalue weighted by atomic mass is 16.5. The molecule has 1 amide bonds. The lowest BCUT2D eigenvalue weighted by Crippen LogP contribution is -3.05. The normalized spacial score (nSPS) is 17.9. The fraction of sp³-hybridized carbons (Fsp3) is 0.423. The highest BCUT2D eigenvalue weighted by molar-refractivity contribution is 6.44. The molecule has 8 nitrogen and oxygen atoms in total. The summed E-state index contributed by atoms with van der Waals surface area (Å²) in [5.74, 6) is -1.44. The van der Waals surface area contributed by atoms with Crippen LogP contribution in [0, 0.1) is 12.8 Å². The van der Waals surface area contributed by atoms with Gasteiger partial charge in [0.25, 0.3) is 5.91 Å². The topological polar surface area (TPSA) is 86.6 Å². The predicted octanol–water partition coefficient (Wildman–Crippen LogP) is 1.51. The summed E-state index contributed by atoms with van der Waals surface area (Å²) >= 11 is 0. The molecule has 1 aliphatic heterocycles. The molecular formula is C26H33N2O6+. The second kappa shape index (κ2) is 10.7. The molecule has 8 heteroatoms. The quantitative estimate of drug-likeness (QED) is 0.323. The van der Waals surface area contributed by atoms with E-state index in [1.54, 1.807) is 50.4 Å². The van der Waals surface area contributed by atoms with Gasteiger partial charge in [0.05, 0.1) is 48.0 Å². The summed E-state index contributed by atoms with van der Waals surface area (Å²) in [5.41, 5.74) is 1.64. The summed E-state index contributed by atoms with van der Waals surface area (Å²) in [6.07, 6.45) is 0.687. The lowest BCUT2D eigenvalue weighted by molar-refractivity contribution is -0.858. The first kappa shape index (κ1) is 25.2. The highest BCUT2D eigenvalue weighted by Gasteiger charge is 2.52. The Morgan fingerprint density at radius 1 is 1.03 bits per heavy atom. The summed E-state index contributed by atoms with van der Waals surface area (Å²) < 4.78 is 16.3. The van der Waals surface area contributed by atoms with Crippen LogP contribution in [0.1, 0.15) is 33.9 Å². The Bertz CT molecular complexity index is 1080. The van der Waals surface area contributed by atoms with Crippen LogP contribution in [0.4, 0.5) is 0 Å². The van der Waals surface area contributed by atoms with Gasteiger partial charge in [0.1, 0.15) is 11.7 Å². The third kappa shape index (κ3) is 4.77. The molecule has 1 fully saturated rings. The van der Waals surface area contributed by atoms with E-state index in [4.69, 9.17) is 14.2 Å². The number of hydrogen-bond acceptors (Lipinski definition) is 6. The van der Waals surface area contributed by atoms with Gasteiger partial charge in [-0.2, -0.15) is 0 Å². The van der Waals surface area contributed by atoms with Gasteiger partial charge in [-0.3, -0.25) is 14.4 Å². The standard InChI is InChI=1S/C26H32N2O6/c1-16-15-17(32-4)11-12-18(16)23(29)21-22(19-9-7-10-20(33-5)25(19)34-6)28(26(31)24(21)30)14-8-13-27(2)3/h7,9-12,15,21-22H,8,13-14H2,1-6H3/p+1. The van der Waals surface area contributed by atoms with Gasteiger partial charge >= 0.3 is 0 Å². The number of likely N-dealkylation sites (tertiary alicyclic amines) is 1. The zero-order chi connectivity index (χ0) is 25.0. The number of aryl methyl sites for hydroxylation is 1. The molecule has 0 aliphatic carbocycles. The molecule has 182 valence electrons. The minimum absolute atomic E-state index is 0.353. The van der Waals surface area contributed by atoms with Crippen LogP contribution in [0.3, 0.4) is 0 Å². The summed E-state index contributed by atoms with van der Waals surface area (Å²) in [6.45, 7) is 2.96. The number of ether oxygens (including phenoxy) is 3. The number of Topliss-reactive ketones (excluding diaryl/α,β-unsaturated/α-hetero) is 2. The maximum Gasteiger partial charge on any atom is 0.291 e. The number of amides is 1. The van der Waals surface area contributed by atoms with Gasteiger partial charge in [0.15, 0.2) is 17.3 Å². The Kier molecular flexibility index (Phi) is 7.94. The molecule has 1 saturated heterocycles. The molecule has 0 bridgehead atoms. The van der Waals surface area contributed by atoms with Gasteiger partial charge in [0.2, 0.25) is 5.78 Å². The van der Waals surface area contributed by atoms with Crippen LogP contribution in [0.2, 0.25) is 0 Å². The largest absolute Gasteiger partial charge is 0.497 e. The van der Waals surface area contributed by atoms with Crippen molar-refractivity contribution in [3.05, 3.63) is 53.1 Å². The number of ketones is 2. The maximum atomic E-state index is 13.8. The first-order valence-electron chi connectivity index (χ1n) is 11.3. The van der Waals surface area contributed by atoms with Crippen molar-refractivity contribution in [2.24, 2.45) is 5.92 Å². The van der Waals surface area contributed by atoms with E-state index in [9.17, 15) is 14.4 Å². The van der Waals surface area contributed by atoms with Crippen molar-refractivity contribution in [3.63, 3.8) is 0 Å². The van der Waals surface area contributed by atoms with Crippen LogP contribution in [0.25, 0.3) is 0 Å². The lowest BCUT2D eigenvalue weighted by atomic mass is 9.84. The summed E-state index contributed by atoms with van der Waals surface area (Å²) in [5, 5.41) is 0. The van der Waals surface area contributed by atoms with Crippen molar-refractivity contribution in [2.75, 3.05) is 48.5 Å². The van der Waals surface area contributed by atoms with Crippen molar-refractivity contribution in [1.82, 2.24) is 4.90 Å². The Morgan fingerprint density at radius 2 is 1.76 bits per heavy atom. The van der Waals surface area contributed by atoms with Crippen LogP contribution < -0.4 is 19.1 Å². The zero-order valence-corrected chi connectivity index (χ0v) is 20.6. The lowest BCUT2D eigenvalue weighted by Gasteiger charge is -2.29. The Morgan fingerprint density at radius 3 is 2.35 bits per heavy atom. The molecular weight excluding hydrogens is 436 g/mol. The molecule has 1 N–H and O–H groups in total. The molecule has 0 saturated carbocycles. The van der Waals surface area contributed by atoms with E-state index in [1.165, 1.54) is 24.0 Å². The van der Waals surface area contributed by atoms with Crippen LogP contribution in [0.15, 0.2) is 36.4 Å². The molecule has 3 rings (SSSR count). The molecule has 2 atom stereocenters. The molecule has 2 aromatic rings. The van der Waals surface area contributed by atoms with Crippen molar-refractivity contribution in [2.45, 2.75) is 19.4 Å². The number of carbonyl (C=O) groups is 3. The number of carbonyl (C=O) groups excluding carboxylic acids is 3. The van der Waals surface area contributed by atoms with Crippen LogP contribution in [0.5, 0.6) is 17.2 Å². The summed E-state index contributed by atoms with van der Waals surface area (Å²) in [7, 11) is 8.63. The van der Waals surface area contributed by atoms with Gasteiger partial charge < -0.3 is 24.0 Å². The zero-order valence-electron chi connectivity index (χ0n) is 20.6. The Labute approximate surface area is 200 Å². The van der Waals surface area contributed by atoms with Gasteiger partial charge in [0, 0.05) is 24.1 Å². The van der Waals surface area contributed by atoms with Crippen molar-refractivity contribution >= 4 is 17.5 Å². The number of quaternary nitrogens is 1. The number of methoxy groups -OCH3 is 3. The average Bonchev–Trinajstić information content (AvgIpc) is 3.07. The number of para-hydroxylation sites is 1. The fourth-order valence-electron chi connectivity index (χ4n) is 4.53. The summed E-state index contributed by atoms with van der Waals surface area (Å²) in [6, 6.07) is 9.57. The minimum Gasteiger partial charge on any atom is -0.497 e. The second-order valence-electron chi connectivity index (χ2n) is 8.72. The van der Waals surface area contributed by atoms with Gasteiger partial charge in [-0.05, 0) is 36.8 Å². The van der Waals surface area contributed by atoms with E-state index in [1.807, 2.05) is 14.1 Å². The van der Waals surface area contributed by atoms with Crippen molar-refractivity contribution in [1.29, 1.82) is 0 Å². The SMILES string of the molecule is COc1ccc(C(=O)C2C(=O)C(=O)N(CCC[NH+](C)C)C2c2cccc(OC)c2OC)c(C)c1. The molecule has 1 heterocycles. The van der Waals surface area contributed by atoms with Gasteiger partial charge in [-0.15, -0.1) is 0 Å².